The number of hydrogen-bond acceptors (Lipinski definition) is 4. The third-order valence-electron chi connectivity index (χ3n) is 3.38. The second-order valence-corrected chi connectivity index (χ2v) is 4.39. The van der Waals surface area contributed by atoms with Crippen LogP contribution in [0, 0.1) is 5.92 Å². The Labute approximate surface area is 90.4 Å². The molecule has 1 heterocycles. The first kappa shape index (κ1) is 10.6. The van der Waals surface area contributed by atoms with Crippen molar-refractivity contribution in [3.05, 3.63) is 18.0 Å². The number of hydrogen-bond donors (Lipinski definition) is 1. The minimum absolute atomic E-state index is 0.611. The van der Waals surface area contributed by atoms with Gasteiger partial charge in [-0.25, -0.2) is 0 Å². The fourth-order valence-corrected chi connectivity index (χ4v) is 2.56. The Hall–Kier alpha value is -0.870. The van der Waals surface area contributed by atoms with Crippen molar-refractivity contribution in [1.29, 1.82) is 0 Å². The lowest BCUT2D eigenvalue weighted by molar-refractivity contribution is 0.174. The van der Waals surface area contributed by atoms with E-state index in [1.54, 1.807) is 6.20 Å². The molecular weight excluding hydrogens is 190 g/mol. The van der Waals surface area contributed by atoms with Crippen molar-refractivity contribution in [2.75, 3.05) is 13.6 Å². The summed E-state index contributed by atoms with van der Waals surface area (Å²) in [6, 6.07) is 2.53. The van der Waals surface area contributed by atoms with Gasteiger partial charge in [0, 0.05) is 12.1 Å². The first-order valence-corrected chi connectivity index (χ1v) is 5.61. The molecule has 2 rings (SSSR count). The highest BCUT2D eigenvalue weighted by Crippen LogP contribution is 2.29. The molecule has 0 aliphatic heterocycles. The van der Waals surface area contributed by atoms with Gasteiger partial charge < -0.3 is 10.3 Å². The molecule has 15 heavy (non-hydrogen) atoms. The highest BCUT2D eigenvalue weighted by Gasteiger charge is 2.29. The molecule has 1 aliphatic carbocycles. The molecule has 4 heteroatoms. The van der Waals surface area contributed by atoms with Crippen molar-refractivity contribution in [3.63, 3.8) is 0 Å². The standard InChI is InChI=1S/C11H19N3O/c1-14(8-10-5-6-13-15-10)11-4-2-3-9(11)7-12/h5-6,9,11H,2-4,7-8,12H2,1H3. The SMILES string of the molecule is CN(Cc1ccno1)C1CCCC1CN. The number of rotatable bonds is 4. The third-order valence-corrected chi connectivity index (χ3v) is 3.38. The molecule has 1 aromatic heterocycles. The fraction of sp³-hybridized carbons (Fsp3) is 0.727. The van der Waals surface area contributed by atoms with Gasteiger partial charge in [0.15, 0.2) is 5.76 Å². The summed E-state index contributed by atoms with van der Waals surface area (Å²) in [6.07, 6.45) is 5.51. The quantitative estimate of drug-likeness (QED) is 0.810. The van der Waals surface area contributed by atoms with Crippen LogP contribution in [0.3, 0.4) is 0 Å². The zero-order valence-electron chi connectivity index (χ0n) is 9.22. The number of aromatic nitrogens is 1. The first-order chi connectivity index (χ1) is 7.31. The maximum absolute atomic E-state index is 5.77. The van der Waals surface area contributed by atoms with E-state index in [9.17, 15) is 0 Å². The number of nitrogens with zero attached hydrogens (tertiary/aromatic N) is 2. The van der Waals surface area contributed by atoms with E-state index in [1.807, 2.05) is 6.07 Å². The predicted octanol–water partition coefficient (Wildman–Crippen LogP) is 1.23. The van der Waals surface area contributed by atoms with Crippen LogP contribution in [0.15, 0.2) is 16.8 Å². The first-order valence-electron chi connectivity index (χ1n) is 5.61. The molecule has 0 bridgehead atoms. The molecule has 1 aromatic rings. The van der Waals surface area contributed by atoms with E-state index < -0.39 is 0 Å². The van der Waals surface area contributed by atoms with E-state index in [0.29, 0.717) is 12.0 Å². The van der Waals surface area contributed by atoms with Crippen LogP contribution in [-0.2, 0) is 6.54 Å². The minimum atomic E-state index is 0.611. The van der Waals surface area contributed by atoms with Crippen LogP contribution in [0.1, 0.15) is 25.0 Å². The summed E-state index contributed by atoms with van der Waals surface area (Å²) in [5.41, 5.74) is 5.77. The second-order valence-electron chi connectivity index (χ2n) is 4.39. The Morgan fingerprint density at radius 3 is 3.13 bits per heavy atom. The van der Waals surface area contributed by atoms with Crippen molar-refractivity contribution in [2.45, 2.75) is 31.8 Å². The molecular formula is C11H19N3O. The van der Waals surface area contributed by atoms with E-state index in [2.05, 4.69) is 17.1 Å². The van der Waals surface area contributed by atoms with Gasteiger partial charge in [-0.05, 0) is 32.4 Å². The van der Waals surface area contributed by atoms with E-state index in [0.717, 1.165) is 18.8 Å². The lowest BCUT2D eigenvalue weighted by atomic mass is 10.0. The monoisotopic (exact) mass is 209 g/mol. The van der Waals surface area contributed by atoms with Crippen LogP contribution in [-0.4, -0.2) is 29.7 Å². The van der Waals surface area contributed by atoms with Crippen LogP contribution in [0.4, 0.5) is 0 Å². The molecule has 2 unspecified atom stereocenters. The van der Waals surface area contributed by atoms with Crippen LogP contribution < -0.4 is 5.73 Å². The lowest BCUT2D eigenvalue weighted by Gasteiger charge is -2.27. The molecule has 2 atom stereocenters. The highest BCUT2D eigenvalue weighted by molar-refractivity contribution is 4.94. The maximum Gasteiger partial charge on any atom is 0.150 e. The van der Waals surface area contributed by atoms with Crippen LogP contribution in [0.5, 0.6) is 0 Å². The zero-order chi connectivity index (χ0) is 10.7. The van der Waals surface area contributed by atoms with Gasteiger partial charge in [-0.1, -0.05) is 11.6 Å². The summed E-state index contributed by atoms with van der Waals surface area (Å²) < 4.78 is 5.11. The molecule has 0 amide bonds. The van der Waals surface area contributed by atoms with Gasteiger partial charge in [-0.3, -0.25) is 4.90 Å². The minimum Gasteiger partial charge on any atom is -0.360 e. The van der Waals surface area contributed by atoms with Gasteiger partial charge in [-0.15, -0.1) is 0 Å². The molecule has 0 aromatic carbocycles. The molecule has 0 spiro atoms. The van der Waals surface area contributed by atoms with Gasteiger partial charge in [0.25, 0.3) is 0 Å². The Morgan fingerprint density at radius 2 is 2.47 bits per heavy atom. The molecule has 84 valence electrons. The zero-order valence-corrected chi connectivity index (χ0v) is 9.22. The summed E-state index contributed by atoms with van der Waals surface area (Å²) in [6.45, 7) is 1.63. The Bertz CT molecular complexity index is 286. The smallest absolute Gasteiger partial charge is 0.150 e. The van der Waals surface area contributed by atoms with Gasteiger partial charge in [-0.2, -0.15) is 0 Å². The maximum atomic E-state index is 5.77. The van der Waals surface area contributed by atoms with Gasteiger partial charge in [0.2, 0.25) is 0 Å². The van der Waals surface area contributed by atoms with E-state index in [1.165, 1.54) is 19.3 Å². The fourth-order valence-electron chi connectivity index (χ4n) is 2.56. The lowest BCUT2D eigenvalue weighted by Crippen LogP contribution is -2.37. The van der Waals surface area contributed by atoms with E-state index in [-0.39, 0.29) is 0 Å². The molecule has 1 aliphatic rings. The highest BCUT2D eigenvalue weighted by atomic mass is 16.5. The van der Waals surface area contributed by atoms with Gasteiger partial charge in [0.05, 0.1) is 12.7 Å². The average molecular weight is 209 g/mol. The molecule has 1 fully saturated rings. The average Bonchev–Trinajstić information content (AvgIpc) is 2.86. The van der Waals surface area contributed by atoms with Crippen molar-refractivity contribution in [3.8, 4) is 0 Å². The summed E-state index contributed by atoms with van der Waals surface area (Å²) in [5.74, 6) is 1.58. The largest absolute Gasteiger partial charge is 0.360 e. The summed E-state index contributed by atoms with van der Waals surface area (Å²) >= 11 is 0. The van der Waals surface area contributed by atoms with Crippen molar-refractivity contribution >= 4 is 0 Å². The number of nitrogens with two attached hydrogens (primary N) is 1. The summed E-state index contributed by atoms with van der Waals surface area (Å²) in [4.78, 5) is 2.34. The van der Waals surface area contributed by atoms with Crippen molar-refractivity contribution < 1.29 is 4.52 Å². The molecule has 1 saturated carbocycles. The Balaban J connectivity index is 1.92. The Morgan fingerprint density at radius 1 is 1.60 bits per heavy atom. The van der Waals surface area contributed by atoms with Crippen LogP contribution in [0.2, 0.25) is 0 Å². The molecule has 0 radical (unpaired) electrons. The van der Waals surface area contributed by atoms with Crippen molar-refractivity contribution in [1.82, 2.24) is 10.1 Å². The van der Waals surface area contributed by atoms with Gasteiger partial charge >= 0.3 is 0 Å². The van der Waals surface area contributed by atoms with Crippen molar-refractivity contribution in [2.24, 2.45) is 11.7 Å². The van der Waals surface area contributed by atoms with Crippen LogP contribution in [0.25, 0.3) is 0 Å². The normalized spacial score (nSPS) is 26.3. The summed E-state index contributed by atoms with van der Waals surface area (Å²) in [5, 5.41) is 3.71. The van der Waals surface area contributed by atoms with E-state index >= 15 is 0 Å². The van der Waals surface area contributed by atoms with Gasteiger partial charge in [0.1, 0.15) is 0 Å². The van der Waals surface area contributed by atoms with Crippen LogP contribution >= 0.6 is 0 Å². The topological polar surface area (TPSA) is 55.3 Å². The van der Waals surface area contributed by atoms with E-state index in [4.69, 9.17) is 10.3 Å². The molecule has 0 saturated heterocycles. The second kappa shape index (κ2) is 4.77. The Kier molecular flexibility index (Phi) is 3.38. The predicted molar refractivity (Wildman–Crippen MR) is 58.2 cm³/mol. The third kappa shape index (κ3) is 2.38. The molecule has 2 N–H and O–H groups in total. The molecule has 4 nitrogen and oxygen atoms in total. The summed E-state index contributed by atoms with van der Waals surface area (Å²) in [7, 11) is 2.14.